The molecule has 23 heavy (non-hydrogen) atoms. The van der Waals surface area contributed by atoms with E-state index in [1.807, 2.05) is 48.6 Å². The monoisotopic (exact) mass is 323 g/mol. The van der Waals surface area contributed by atoms with Crippen LogP contribution in [0, 0.1) is 0 Å². The minimum absolute atomic E-state index is 0.503. The Morgan fingerprint density at radius 3 is 2.70 bits per heavy atom. The van der Waals surface area contributed by atoms with Crippen molar-refractivity contribution in [2.75, 3.05) is 5.32 Å². The van der Waals surface area contributed by atoms with Gasteiger partial charge in [-0.3, -0.25) is 4.79 Å². The van der Waals surface area contributed by atoms with Crippen LogP contribution in [0.3, 0.4) is 0 Å². The van der Waals surface area contributed by atoms with Gasteiger partial charge in [0.05, 0.1) is 5.69 Å². The third kappa shape index (κ3) is 3.93. The lowest BCUT2D eigenvalue weighted by molar-refractivity contribution is -0.104. The summed E-state index contributed by atoms with van der Waals surface area (Å²) in [5.74, 6) is 0.503. The van der Waals surface area contributed by atoms with E-state index >= 15 is 0 Å². The molecule has 5 heteroatoms. The van der Waals surface area contributed by atoms with Crippen molar-refractivity contribution in [2.24, 2.45) is 0 Å². The van der Waals surface area contributed by atoms with Crippen LogP contribution in [-0.4, -0.2) is 16.3 Å². The van der Waals surface area contributed by atoms with Gasteiger partial charge >= 0.3 is 0 Å². The first-order valence-electron chi connectivity index (χ1n) is 7.14. The van der Waals surface area contributed by atoms with Gasteiger partial charge in [-0.1, -0.05) is 35.9 Å². The van der Waals surface area contributed by atoms with Crippen LogP contribution in [0.2, 0.25) is 5.02 Å². The van der Waals surface area contributed by atoms with Crippen molar-refractivity contribution in [1.29, 1.82) is 0 Å². The smallest absolute Gasteiger partial charge is 0.227 e. The molecule has 0 saturated carbocycles. The molecule has 1 aromatic carbocycles. The van der Waals surface area contributed by atoms with Gasteiger partial charge in [-0.15, -0.1) is 0 Å². The lowest BCUT2D eigenvalue weighted by atomic mass is 10.1. The first-order valence-corrected chi connectivity index (χ1v) is 7.52. The van der Waals surface area contributed by atoms with E-state index in [2.05, 4.69) is 15.3 Å². The highest BCUT2D eigenvalue weighted by atomic mass is 35.5. The fourth-order valence-corrected chi connectivity index (χ4v) is 2.28. The Balaban J connectivity index is 1.79. The third-order valence-corrected chi connectivity index (χ3v) is 3.59. The van der Waals surface area contributed by atoms with E-state index in [0.717, 1.165) is 23.2 Å². The van der Waals surface area contributed by atoms with Gasteiger partial charge in [0.2, 0.25) is 5.95 Å². The molecule has 1 aromatic heterocycles. The number of allylic oxidation sites excluding steroid dienone is 5. The number of carbonyl (C=O) groups is 1. The first kappa shape index (κ1) is 15.2. The molecule has 114 valence electrons. The number of halogens is 1. The van der Waals surface area contributed by atoms with Gasteiger partial charge in [0, 0.05) is 28.1 Å². The zero-order chi connectivity index (χ0) is 16.1. The molecule has 4 nitrogen and oxygen atoms in total. The highest BCUT2D eigenvalue weighted by molar-refractivity contribution is 6.30. The SMILES string of the molecule is O=CC1=CCC=C(Nc2nccc(-c3ccc(Cl)cc3)n2)C=C1. The molecule has 0 amide bonds. The normalized spacial score (nSPS) is 13.8. The van der Waals surface area contributed by atoms with E-state index in [-0.39, 0.29) is 0 Å². The average Bonchev–Trinajstić information content (AvgIpc) is 2.81. The number of aldehydes is 1. The number of benzene rings is 1. The minimum atomic E-state index is 0.503. The van der Waals surface area contributed by atoms with Crippen molar-refractivity contribution in [3.8, 4) is 11.3 Å². The van der Waals surface area contributed by atoms with Gasteiger partial charge in [0.15, 0.2) is 0 Å². The van der Waals surface area contributed by atoms with E-state index in [9.17, 15) is 4.79 Å². The van der Waals surface area contributed by atoms with E-state index in [1.165, 1.54) is 0 Å². The summed E-state index contributed by atoms with van der Waals surface area (Å²) in [6.45, 7) is 0. The molecule has 0 fully saturated rings. The first-order chi connectivity index (χ1) is 11.2. The van der Waals surface area contributed by atoms with Gasteiger partial charge in [0.1, 0.15) is 6.29 Å². The predicted octanol–water partition coefficient (Wildman–Crippen LogP) is 4.18. The molecule has 1 aliphatic carbocycles. The molecule has 1 heterocycles. The van der Waals surface area contributed by atoms with Crippen molar-refractivity contribution < 1.29 is 4.79 Å². The number of hydrogen-bond acceptors (Lipinski definition) is 4. The lowest BCUT2D eigenvalue weighted by Gasteiger charge is -2.07. The Kier molecular flexibility index (Phi) is 4.64. The van der Waals surface area contributed by atoms with E-state index in [4.69, 9.17) is 11.6 Å². The number of hydrogen-bond donors (Lipinski definition) is 1. The Labute approximate surface area is 139 Å². The van der Waals surface area contributed by atoms with Crippen LogP contribution in [0.25, 0.3) is 11.3 Å². The van der Waals surface area contributed by atoms with E-state index < -0.39 is 0 Å². The van der Waals surface area contributed by atoms with Crippen molar-refractivity contribution >= 4 is 23.8 Å². The van der Waals surface area contributed by atoms with Crippen molar-refractivity contribution in [3.05, 3.63) is 77.1 Å². The van der Waals surface area contributed by atoms with Crippen molar-refractivity contribution in [3.63, 3.8) is 0 Å². The fraction of sp³-hybridized carbons (Fsp3) is 0.0556. The summed E-state index contributed by atoms with van der Waals surface area (Å²) in [5.41, 5.74) is 3.29. The molecule has 0 unspecified atom stereocenters. The van der Waals surface area contributed by atoms with Gasteiger partial charge in [-0.05, 0) is 36.8 Å². The van der Waals surface area contributed by atoms with Crippen LogP contribution in [-0.2, 0) is 4.79 Å². The molecule has 0 bridgehead atoms. The molecule has 1 N–H and O–H groups in total. The van der Waals surface area contributed by atoms with Gasteiger partial charge in [-0.2, -0.15) is 0 Å². The summed E-state index contributed by atoms with van der Waals surface area (Å²) in [6.07, 6.45) is 10.7. The second-order valence-corrected chi connectivity index (χ2v) is 5.38. The van der Waals surface area contributed by atoms with Crippen molar-refractivity contribution in [2.45, 2.75) is 6.42 Å². The van der Waals surface area contributed by atoms with Crippen LogP contribution in [0.4, 0.5) is 5.95 Å². The van der Waals surface area contributed by atoms with Crippen LogP contribution >= 0.6 is 11.6 Å². The minimum Gasteiger partial charge on any atom is -0.324 e. The molecule has 0 spiro atoms. The Bertz CT molecular complexity index is 807. The zero-order valence-electron chi connectivity index (χ0n) is 12.2. The summed E-state index contributed by atoms with van der Waals surface area (Å²) >= 11 is 5.91. The quantitative estimate of drug-likeness (QED) is 0.858. The third-order valence-electron chi connectivity index (χ3n) is 3.33. The Hall–Kier alpha value is -2.72. The molecule has 0 saturated heterocycles. The average molecular weight is 324 g/mol. The molecule has 2 aromatic rings. The molecule has 1 aliphatic rings. The fourth-order valence-electron chi connectivity index (χ4n) is 2.15. The number of nitrogens with zero attached hydrogens (tertiary/aromatic N) is 2. The lowest BCUT2D eigenvalue weighted by Crippen LogP contribution is -2.02. The number of anilines is 1. The molecule has 0 atom stereocenters. The molecule has 0 aliphatic heterocycles. The summed E-state index contributed by atoms with van der Waals surface area (Å²) in [4.78, 5) is 19.6. The van der Waals surface area contributed by atoms with Crippen LogP contribution in [0.1, 0.15) is 6.42 Å². The molecular formula is C18H14ClN3O. The topological polar surface area (TPSA) is 54.9 Å². The second kappa shape index (κ2) is 7.03. The Morgan fingerprint density at radius 1 is 1.09 bits per heavy atom. The van der Waals surface area contributed by atoms with Crippen LogP contribution in [0.5, 0.6) is 0 Å². The standard InChI is InChI=1S/C18H14ClN3O/c19-15-7-5-14(6-8-15)17-10-11-20-18(22-17)21-16-3-1-2-13(12-23)4-9-16/h2-12H,1H2,(H,20,21,22). The maximum atomic E-state index is 10.8. The summed E-state index contributed by atoms with van der Waals surface area (Å²) < 4.78 is 0. The molecular weight excluding hydrogens is 310 g/mol. The van der Waals surface area contributed by atoms with E-state index in [0.29, 0.717) is 23.0 Å². The summed E-state index contributed by atoms with van der Waals surface area (Å²) in [6, 6.07) is 9.33. The predicted molar refractivity (Wildman–Crippen MR) is 92.1 cm³/mol. The van der Waals surface area contributed by atoms with Gasteiger partial charge in [-0.25, -0.2) is 9.97 Å². The largest absolute Gasteiger partial charge is 0.324 e. The Morgan fingerprint density at radius 2 is 1.91 bits per heavy atom. The zero-order valence-corrected chi connectivity index (χ0v) is 13.0. The number of carbonyl (C=O) groups excluding carboxylic acids is 1. The van der Waals surface area contributed by atoms with Crippen LogP contribution in [0.15, 0.2) is 72.1 Å². The number of rotatable bonds is 4. The number of aromatic nitrogens is 2. The van der Waals surface area contributed by atoms with Crippen LogP contribution < -0.4 is 5.32 Å². The second-order valence-electron chi connectivity index (χ2n) is 4.95. The summed E-state index contributed by atoms with van der Waals surface area (Å²) in [5, 5.41) is 3.85. The summed E-state index contributed by atoms with van der Waals surface area (Å²) in [7, 11) is 0. The highest BCUT2D eigenvalue weighted by Crippen LogP contribution is 2.20. The molecule has 0 radical (unpaired) electrons. The highest BCUT2D eigenvalue weighted by Gasteiger charge is 2.04. The van der Waals surface area contributed by atoms with Gasteiger partial charge < -0.3 is 5.32 Å². The van der Waals surface area contributed by atoms with Gasteiger partial charge in [0.25, 0.3) is 0 Å². The maximum absolute atomic E-state index is 10.8. The maximum Gasteiger partial charge on any atom is 0.227 e. The van der Waals surface area contributed by atoms with E-state index in [1.54, 1.807) is 12.3 Å². The number of nitrogens with one attached hydrogen (secondary N) is 1. The molecule has 3 rings (SSSR count). The van der Waals surface area contributed by atoms with Crippen molar-refractivity contribution in [1.82, 2.24) is 9.97 Å².